The molecular weight excluding hydrogens is 210 g/mol. The molecule has 1 aromatic rings. The van der Waals surface area contributed by atoms with Gasteiger partial charge in [-0.2, -0.15) is 0 Å². The molecule has 88 valence electrons. The van der Waals surface area contributed by atoms with Gasteiger partial charge < -0.3 is 20.8 Å². The van der Waals surface area contributed by atoms with Crippen molar-refractivity contribution in [3.8, 4) is 0 Å². The summed E-state index contributed by atoms with van der Waals surface area (Å²) in [5.41, 5.74) is 5.50. The number of primary amides is 1. The number of amides is 1. The van der Waals surface area contributed by atoms with Crippen molar-refractivity contribution < 1.29 is 15.0 Å². The molecule has 1 rings (SSSR count). The van der Waals surface area contributed by atoms with Crippen molar-refractivity contribution in [2.24, 2.45) is 5.73 Å². The quantitative estimate of drug-likeness (QED) is 0.575. The molecule has 0 aliphatic carbocycles. The number of carbonyl (C=O) groups is 1. The van der Waals surface area contributed by atoms with Crippen LogP contribution in [0.5, 0.6) is 0 Å². The minimum atomic E-state index is -0.580. The Morgan fingerprint density at radius 2 is 2.00 bits per heavy atom. The van der Waals surface area contributed by atoms with Gasteiger partial charge in [0.2, 0.25) is 0 Å². The third-order valence-corrected chi connectivity index (χ3v) is 2.09. The number of rotatable bonds is 6. The van der Waals surface area contributed by atoms with E-state index in [2.05, 4.69) is 4.98 Å². The van der Waals surface area contributed by atoms with E-state index < -0.39 is 5.91 Å². The molecule has 16 heavy (non-hydrogen) atoms. The van der Waals surface area contributed by atoms with E-state index in [9.17, 15) is 4.79 Å². The molecule has 0 saturated heterocycles. The zero-order chi connectivity index (χ0) is 12.0. The highest BCUT2D eigenvalue weighted by molar-refractivity contribution is 5.97. The summed E-state index contributed by atoms with van der Waals surface area (Å²) in [6.07, 6.45) is 1.53. The second kappa shape index (κ2) is 6.04. The summed E-state index contributed by atoms with van der Waals surface area (Å²) < 4.78 is 0. The fourth-order valence-electron chi connectivity index (χ4n) is 1.41. The van der Waals surface area contributed by atoms with Gasteiger partial charge in [0.25, 0.3) is 5.91 Å². The Hall–Kier alpha value is -1.66. The van der Waals surface area contributed by atoms with Gasteiger partial charge in [-0.3, -0.25) is 4.79 Å². The number of aliphatic hydroxyl groups excluding tert-OH is 2. The number of anilines is 1. The molecule has 6 nitrogen and oxygen atoms in total. The van der Waals surface area contributed by atoms with Crippen molar-refractivity contribution in [1.82, 2.24) is 4.98 Å². The number of nitrogens with zero attached hydrogens (tertiary/aromatic N) is 2. The lowest BCUT2D eigenvalue weighted by Gasteiger charge is -2.23. The van der Waals surface area contributed by atoms with Crippen LogP contribution in [0.4, 0.5) is 5.82 Å². The zero-order valence-corrected chi connectivity index (χ0v) is 8.83. The highest BCUT2D eigenvalue weighted by Gasteiger charge is 2.14. The van der Waals surface area contributed by atoms with E-state index in [0.29, 0.717) is 5.82 Å². The van der Waals surface area contributed by atoms with Crippen LogP contribution in [0.2, 0.25) is 0 Å². The lowest BCUT2D eigenvalue weighted by molar-refractivity contribution is 0.1000. The predicted molar refractivity (Wildman–Crippen MR) is 59.1 cm³/mol. The van der Waals surface area contributed by atoms with Gasteiger partial charge in [-0.05, 0) is 12.1 Å². The van der Waals surface area contributed by atoms with Crippen LogP contribution in [0.3, 0.4) is 0 Å². The maximum Gasteiger partial charge on any atom is 0.252 e. The normalized spacial score (nSPS) is 10.1. The van der Waals surface area contributed by atoms with E-state index in [0.717, 1.165) is 0 Å². The van der Waals surface area contributed by atoms with Crippen LogP contribution < -0.4 is 10.6 Å². The lowest BCUT2D eigenvalue weighted by atomic mass is 10.2. The van der Waals surface area contributed by atoms with Gasteiger partial charge in [-0.15, -0.1) is 0 Å². The van der Waals surface area contributed by atoms with E-state index in [1.807, 2.05) is 0 Å². The first kappa shape index (κ1) is 12.4. The molecule has 1 amide bonds. The van der Waals surface area contributed by atoms with Crippen LogP contribution in [-0.2, 0) is 0 Å². The van der Waals surface area contributed by atoms with Crippen molar-refractivity contribution in [3.63, 3.8) is 0 Å². The summed E-state index contributed by atoms with van der Waals surface area (Å²) in [6, 6.07) is 3.17. The molecule has 0 spiro atoms. The van der Waals surface area contributed by atoms with Gasteiger partial charge >= 0.3 is 0 Å². The molecule has 0 aliphatic heterocycles. The molecule has 0 saturated carbocycles. The summed E-state index contributed by atoms with van der Waals surface area (Å²) >= 11 is 0. The Bertz CT molecular complexity index is 351. The topological polar surface area (TPSA) is 99.7 Å². The number of carbonyl (C=O) groups excluding carboxylic acids is 1. The fourth-order valence-corrected chi connectivity index (χ4v) is 1.41. The lowest BCUT2D eigenvalue weighted by Crippen LogP contribution is -2.32. The molecule has 0 atom stereocenters. The molecule has 0 aromatic carbocycles. The van der Waals surface area contributed by atoms with Gasteiger partial charge in [0.05, 0.1) is 18.8 Å². The predicted octanol–water partition coefficient (Wildman–Crippen LogP) is -1.03. The Balaban J connectivity index is 3.02. The Morgan fingerprint density at radius 1 is 1.38 bits per heavy atom. The monoisotopic (exact) mass is 225 g/mol. The Kier molecular flexibility index (Phi) is 4.68. The first-order chi connectivity index (χ1) is 7.70. The SMILES string of the molecule is NC(=O)c1cccnc1N(CCO)CCO. The highest BCUT2D eigenvalue weighted by atomic mass is 16.3. The largest absolute Gasteiger partial charge is 0.395 e. The molecule has 4 N–H and O–H groups in total. The maximum absolute atomic E-state index is 11.2. The van der Waals surface area contributed by atoms with E-state index >= 15 is 0 Å². The van der Waals surface area contributed by atoms with E-state index in [1.165, 1.54) is 6.20 Å². The van der Waals surface area contributed by atoms with Gasteiger partial charge in [0, 0.05) is 19.3 Å². The first-order valence-electron chi connectivity index (χ1n) is 4.92. The fraction of sp³-hybridized carbons (Fsp3) is 0.400. The molecule has 1 aromatic heterocycles. The van der Waals surface area contributed by atoms with E-state index in [-0.39, 0.29) is 31.9 Å². The molecule has 0 unspecified atom stereocenters. The minimum Gasteiger partial charge on any atom is -0.395 e. The molecular formula is C10H15N3O3. The average molecular weight is 225 g/mol. The van der Waals surface area contributed by atoms with Gasteiger partial charge in [-0.1, -0.05) is 0 Å². The van der Waals surface area contributed by atoms with Crippen molar-refractivity contribution in [3.05, 3.63) is 23.9 Å². The second-order valence-corrected chi connectivity index (χ2v) is 3.17. The number of nitrogens with two attached hydrogens (primary N) is 1. The molecule has 6 heteroatoms. The number of hydrogen-bond donors (Lipinski definition) is 3. The Morgan fingerprint density at radius 3 is 2.50 bits per heavy atom. The van der Waals surface area contributed by atoms with Crippen molar-refractivity contribution in [2.75, 3.05) is 31.2 Å². The molecule has 0 radical (unpaired) electrons. The van der Waals surface area contributed by atoms with Crippen LogP contribution in [0, 0.1) is 0 Å². The second-order valence-electron chi connectivity index (χ2n) is 3.17. The standard InChI is InChI=1S/C10H15N3O3/c11-9(16)8-2-1-3-12-10(8)13(4-6-14)5-7-15/h1-3,14-15H,4-7H2,(H2,11,16). The summed E-state index contributed by atoms with van der Waals surface area (Å²) in [5, 5.41) is 17.8. The number of pyridine rings is 1. The summed E-state index contributed by atoms with van der Waals surface area (Å²) in [4.78, 5) is 16.8. The van der Waals surface area contributed by atoms with Crippen LogP contribution in [0.1, 0.15) is 10.4 Å². The van der Waals surface area contributed by atoms with Gasteiger partial charge in [0.15, 0.2) is 0 Å². The summed E-state index contributed by atoms with van der Waals surface area (Å²) in [6.45, 7) is 0.402. The van der Waals surface area contributed by atoms with Crippen LogP contribution >= 0.6 is 0 Å². The number of aromatic nitrogens is 1. The van der Waals surface area contributed by atoms with Gasteiger partial charge in [-0.25, -0.2) is 4.98 Å². The average Bonchev–Trinajstić information content (AvgIpc) is 2.29. The number of aliphatic hydroxyl groups is 2. The summed E-state index contributed by atoms with van der Waals surface area (Å²) in [7, 11) is 0. The Labute approximate surface area is 93.3 Å². The van der Waals surface area contributed by atoms with Crippen LogP contribution in [0.25, 0.3) is 0 Å². The van der Waals surface area contributed by atoms with Gasteiger partial charge in [0.1, 0.15) is 5.82 Å². The minimum absolute atomic E-state index is 0.0885. The molecule has 0 aliphatic rings. The van der Waals surface area contributed by atoms with E-state index in [4.69, 9.17) is 15.9 Å². The first-order valence-corrected chi connectivity index (χ1v) is 4.92. The summed E-state index contributed by atoms with van der Waals surface area (Å²) in [5.74, 6) is -0.193. The van der Waals surface area contributed by atoms with Crippen molar-refractivity contribution in [2.45, 2.75) is 0 Å². The molecule has 0 bridgehead atoms. The van der Waals surface area contributed by atoms with Crippen LogP contribution in [0.15, 0.2) is 18.3 Å². The van der Waals surface area contributed by atoms with Crippen molar-refractivity contribution >= 4 is 11.7 Å². The highest BCUT2D eigenvalue weighted by Crippen LogP contribution is 2.15. The third-order valence-electron chi connectivity index (χ3n) is 2.09. The molecule has 0 fully saturated rings. The number of hydrogen-bond acceptors (Lipinski definition) is 5. The van der Waals surface area contributed by atoms with Crippen molar-refractivity contribution in [1.29, 1.82) is 0 Å². The van der Waals surface area contributed by atoms with Crippen LogP contribution in [-0.4, -0.2) is 47.4 Å². The zero-order valence-electron chi connectivity index (χ0n) is 8.83. The third kappa shape index (κ3) is 2.91. The molecule has 1 heterocycles. The van der Waals surface area contributed by atoms with E-state index in [1.54, 1.807) is 17.0 Å². The maximum atomic E-state index is 11.2. The smallest absolute Gasteiger partial charge is 0.252 e.